The molecular formula is C23H35N10O20P3+2. The number of imidazole rings is 2. The fourth-order valence-corrected chi connectivity index (χ4v) is 7.67. The maximum atomic E-state index is 12.6. The number of nitrogens with two attached hydrogens (primary N) is 2. The van der Waals surface area contributed by atoms with Crippen molar-refractivity contribution in [3.8, 4) is 0 Å². The van der Waals surface area contributed by atoms with Gasteiger partial charge in [-0.05, 0) is 0 Å². The summed E-state index contributed by atoms with van der Waals surface area (Å²) in [5.74, 6) is -0.549. The molecule has 0 saturated carbocycles. The van der Waals surface area contributed by atoms with Crippen LogP contribution in [-0.4, -0.2) is 139 Å². The Labute approximate surface area is 309 Å². The smallest absolute Gasteiger partial charge is 0.387 e. The highest BCUT2D eigenvalue weighted by Gasteiger charge is 2.49. The molecule has 56 heavy (non-hydrogen) atoms. The molecule has 33 heteroatoms. The second-order valence-corrected chi connectivity index (χ2v) is 16.2. The van der Waals surface area contributed by atoms with Crippen molar-refractivity contribution in [2.45, 2.75) is 55.2 Å². The number of rotatable bonds is 16. The van der Waals surface area contributed by atoms with Crippen LogP contribution >= 0.6 is 23.5 Å². The summed E-state index contributed by atoms with van der Waals surface area (Å²) in [4.78, 5) is 80.9. The highest BCUT2D eigenvalue weighted by Crippen LogP contribution is 2.48. The minimum absolute atomic E-state index is 0.0566. The second-order valence-electron chi connectivity index (χ2n) is 12.1. The number of phosphoric acid groups is 3. The molecule has 0 bridgehead atoms. The van der Waals surface area contributed by atoms with Crippen molar-refractivity contribution < 1.29 is 94.9 Å². The Kier molecular flexibility index (Phi) is 12.0. The summed E-state index contributed by atoms with van der Waals surface area (Å²) < 4.78 is 73.7. The topological polar surface area (TPSA) is 461 Å². The van der Waals surface area contributed by atoms with Crippen LogP contribution in [0.4, 0.5) is 11.9 Å². The molecule has 30 nitrogen and oxygen atoms in total. The molecule has 11 atom stereocenters. The molecule has 6 rings (SSSR count). The van der Waals surface area contributed by atoms with E-state index < -0.39 is 116 Å². The predicted molar refractivity (Wildman–Crippen MR) is 175 cm³/mol. The summed E-state index contributed by atoms with van der Waals surface area (Å²) in [6.45, 7) is -4.30. The van der Waals surface area contributed by atoms with Crippen molar-refractivity contribution in [2.75, 3.05) is 37.9 Å². The van der Waals surface area contributed by atoms with Crippen molar-refractivity contribution in [1.29, 1.82) is 0 Å². The van der Waals surface area contributed by atoms with Crippen LogP contribution in [0, 0.1) is 0 Å². The summed E-state index contributed by atoms with van der Waals surface area (Å²) in [5.41, 5.74) is 9.59. The lowest BCUT2D eigenvalue weighted by atomic mass is 10.1. The molecule has 2 aliphatic heterocycles. The molecule has 5 unspecified atom stereocenters. The zero-order valence-corrected chi connectivity index (χ0v) is 30.6. The molecule has 16 N–H and O–H groups in total. The highest BCUT2D eigenvalue weighted by molar-refractivity contribution is 7.47. The van der Waals surface area contributed by atoms with Gasteiger partial charge in [-0.1, -0.05) is 9.97 Å². The lowest BCUT2D eigenvalue weighted by Crippen LogP contribution is -2.46. The van der Waals surface area contributed by atoms with Gasteiger partial charge in [0.05, 0.1) is 26.4 Å². The Bertz CT molecular complexity index is 2180. The van der Waals surface area contributed by atoms with E-state index in [-0.39, 0.29) is 34.2 Å². The van der Waals surface area contributed by atoms with Crippen LogP contribution in [0.25, 0.3) is 22.3 Å². The third-order valence-electron chi connectivity index (χ3n) is 8.18. The standard InChI is InChI=1S/C23H33N10O20P3/c24-22-28-16-10(18(38)30-22)26-5-32(16)20-14(36)12(34)8(51-20)3-49-55(43,44)47-1-7(53-54(40,41)42)2-48-56(45,46)50-4-9-13(35)15(37)21(52-9)33-6-27-11-17(33)29-23(25)31-19(11)39/h5-9,12-15,20-21,34-37H,1-4H2,(H10,24,25,28,29,30,31,38,39,40,41,42,43,44,45,46)/p+2/t7?,8-,9?,12-,13-,14-,15-,20?,21-/m1/s1. The number of aliphatic hydroxyl groups is 4. The van der Waals surface area contributed by atoms with E-state index in [1.807, 2.05) is 0 Å². The number of ether oxygens (including phenoxy) is 2. The van der Waals surface area contributed by atoms with Gasteiger partial charge in [0.1, 0.15) is 42.7 Å². The lowest BCUT2D eigenvalue weighted by Gasteiger charge is -2.22. The number of anilines is 2. The van der Waals surface area contributed by atoms with E-state index in [2.05, 4.69) is 34.4 Å². The number of nitrogens with one attached hydrogen (secondary N) is 4. The molecule has 6 heterocycles. The average Bonchev–Trinajstić information content (AvgIpc) is 3.85. The summed E-state index contributed by atoms with van der Waals surface area (Å²) in [6.07, 6.45) is -12.4. The zero-order valence-electron chi connectivity index (χ0n) is 27.9. The van der Waals surface area contributed by atoms with Gasteiger partial charge in [-0.25, -0.2) is 22.8 Å². The van der Waals surface area contributed by atoms with E-state index in [1.165, 1.54) is 12.7 Å². The SMILES string of the molecule is Nc1nc2c([nH]c[n+]2C2O[C@H](COP(=O)(O)OCC(COP(=O)(O)OCC3O[C@@H]([n+]4c[nH]c5c(=O)[nH]c(N)nc54)[C@H](O)[C@@H]3O)OP(=O)(O)O)[C@@H](O)[C@H]2O)c(=O)[nH]1. The van der Waals surface area contributed by atoms with E-state index in [1.54, 1.807) is 0 Å². The maximum absolute atomic E-state index is 12.6. The van der Waals surface area contributed by atoms with Crippen molar-refractivity contribution in [1.82, 2.24) is 29.9 Å². The van der Waals surface area contributed by atoms with Crippen LogP contribution in [0.3, 0.4) is 0 Å². The zero-order chi connectivity index (χ0) is 40.9. The Morgan fingerprint density at radius 1 is 0.696 bits per heavy atom. The summed E-state index contributed by atoms with van der Waals surface area (Å²) in [6, 6.07) is 0. The maximum Gasteiger partial charge on any atom is 0.472 e. The normalized spacial score (nSPS) is 28.5. The van der Waals surface area contributed by atoms with E-state index in [0.717, 1.165) is 9.13 Å². The first-order valence-electron chi connectivity index (χ1n) is 15.7. The first kappa shape index (κ1) is 42.0. The Hall–Kier alpha value is -3.61. The molecule has 310 valence electrons. The first-order chi connectivity index (χ1) is 26.1. The quantitative estimate of drug-likeness (QED) is 0.0368. The van der Waals surface area contributed by atoms with Crippen LogP contribution in [0.1, 0.15) is 12.5 Å². The number of nitrogen functional groups attached to an aromatic ring is 2. The van der Waals surface area contributed by atoms with Gasteiger partial charge in [-0.15, -0.1) is 0 Å². The number of hydrogen-bond donors (Lipinski definition) is 14. The summed E-state index contributed by atoms with van der Waals surface area (Å²) in [7, 11) is -15.8. The Morgan fingerprint density at radius 2 is 1.09 bits per heavy atom. The van der Waals surface area contributed by atoms with Gasteiger partial charge in [0.25, 0.3) is 23.0 Å². The fourth-order valence-electron chi connectivity index (χ4n) is 5.63. The molecule has 0 aliphatic carbocycles. The van der Waals surface area contributed by atoms with Gasteiger partial charge < -0.3 is 60.9 Å². The number of fused-ring (bicyclic) bond motifs is 2. The fraction of sp³-hybridized carbons (Fsp3) is 0.565. The van der Waals surface area contributed by atoms with Crippen LogP contribution in [-0.2, 0) is 45.8 Å². The number of aromatic amines is 4. The van der Waals surface area contributed by atoms with Gasteiger partial charge in [0.2, 0.25) is 23.5 Å². The molecule has 2 saturated heterocycles. The third kappa shape index (κ3) is 9.23. The van der Waals surface area contributed by atoms with Crippen LogP contribution in [0.15, 0.2) is 22.2 Å². The van der Waals surface area contributed by atoms with Gasteiger partial charge in [-0.3, -0.25) is 52.1 Å². The van der Waals surface area contributed by atoms with Crippen molar-refractivity contribution >= 4 is 57.7 Å². The van der Waals surface area contributed by atoms with Crippen LogP contribution in [0.2, 0.25) is 0 Å². The van der Waals surface area contributed by atoms with Crippen LogP contribution in [0.5, 0.6) is 0 Å². The summed E-state index contributed by atoms with van der Waals surface area (Å²) in [5, 5.41) is 42.2. The molecule has 2 fully saturated rings. The van der Waals surface area contributed by atoms with Crippen molar-refractivity contribution in [2.24, 2.45) is 0 Å². The minimum Gasteiger partial charge on any atom is -0.387 e. The second kappa shape index (κ2) is 16.0. The van der Waals surface area contributed by atoms with E-state index in [0.29, 0.717) is 0 Å². The Balaban J connectivity index is 1.02. The number of aromatic nitrogens is 8. The van der Waals surface area contributed by atoms with Gasteiger partial charge >= 0.3 is 34.8 Å². The van der Waals surface area contributed by atoms with Gasteiger partial charge in [0.15, 0.2) is 12.7 Å². The van der Waals surface area contributed by atoms with E-state index in [9.17, 15) is 63.3 Å². The van der Waals surface area contributed by atoms with Crippen molar-refractivity contribution in [3.05, 3.63) is 33.4 Å². The van der Waals surface area contributed by atoms with E-state index >= 15 is 0 Å². The number of hydrogen-bond acceptors (Lipinski definition) is 20. The molecule has 4 aromatic rings. The molecule has 4 aromatic heterocycles. The molecule has 2 aliphatic rings. The van der Waals surface area contributed by atoms with E-state index in [4.69, 9.17) is 39.0 Å². The predicted octanol–water partition coefficient (Wildman–Crippen LogP) is -5.76. The average molecular weight is 865 g/mol. The monoisotopic (exact) mass is 864 g/mol. The van der Waals surface area contributed by atoms with Gasteiger partial charge in [0, 0.05) is 0 Å². The van der Waals surface area contributed by atoms with Crippen molar-refractivity contribution in [3.63, 3.8) is 0 Å². The minimum atomic E-state index is -5.42. The highest BCUT2D eigenvalue weighted by atomic mass is 31.2. The van der Waals surface area contributed by atoms with Gasteiger partial charge in [-0.2, -0.15) is 0 Å². The number of H-pyrrole nitrogens is 4. The third-order valence-corrected chi connectivity index (χ3v) is 10.7. The number of phosphoric ester groups is 3. The largest absolute Gasteiger partial charge is 0.472 e. The molecular weight excluding hydrogens is 829 g/mol. The summed E-state index contributed by atoms with van der Waals surface area (Å²) >= 11 is 0. The first-order valence-corrected chi connectivity index (χ1v) is 20.2. The number of nitrogens with zero attached hydrogens (tertiary/aromatic N) is 4. The molecule has 0 amide bonds. The molecule has 0 radical (unpaired) electrons. The lowest BCUT2D eigenvalue weighted by molar-refractivity contribution is -0.745. The molecule has 0 aromatic carbocycles. The van der Waals surface area contributed by atoms with Crippen LogP contribution < -0.4 is 31.7 Å². The Morgan fingerprint density at radius 3 is 1.46 bits per heavy atom. The molecule has 0 spiro atoms. The number of aliphatic hydroxyl groups excluding tert-OH is 4.